The minimum Gasteiger partial charge on any atom is -0.484 e. The number of benzene rings is 3. The van der Waals surface area contributed by atoms with Crippen LogP contribution in [-0.4, -0.2) is 27.3 Å². The monoisotopic (exact) mass is 515 g/mol. The number of ether oxygens (including phenoxy) is 1. The van der Waals surface area contributed by atoms with E-state index in [4.69, 9.17) is 39.5 Å². The maximum Gasteiger partial charge on any atom is 0.288 e. The highest BCUT2D eigenvalue weighted by Crippen LogP contribution is 2.17. The fourth-order valence-corrected chi connectivity index (χ4v) is 3.36. The van der Waals surface area contributed by atoms with Crippen LogP contribution < -0.4 is 15.4 Å². The van der Waals surface area contributed by atoms with Gasteiger partial charge in [-0.25, -0.2) is 0 Å². The van der Waals surface area contributed by atoms with E-state index in [-0.39, 0.29) is 12.5 Å². The van der Waals surface area contributed by atoms with Crippen molar-refractivity contribution in [1.29, 1.82) is 0 Å². The third kappa shape index (κ3) is 6.63. The van der Waals surface area contributed by atoms with Crippen molar-refractivity contribution in [2.24, 2.45) is 0 Å². The van der Waals surface area contributed by atoms with Crippen LogP contribution in [0.2, 0.25) is 15.1 Å². The van der Waals surface area contributed by atoms with Crippen LogP contribution in [0, 0.1) is 0 Å². The van der Waals surface area contributed by atoms with Gasteiger partial charge in [0.25, 0.3) is 5.91 Å². The third-order valence-electron chi connectivity index (χ3n) is 4.75. The van der Waals surface area contributed by atoms with E-state index >= 15 is 0 Å². The molecule has 1 heterocycles. The summed E-state index contributed by atoms with van der Waals surface area (Å²) in [5.41, 5.74) is 1.97. The fraction of sp³-hybridized carbons (Fsp3) is 0.125. The molecule has 0 aliphatic heterocycles. The second-order valence-electron chi connectivity index (χ2n) is 7.27. The standard InChI is InChI=1S/C24H20Cl3N5O2/c25-18-5-1-16(2-6-18)13-28-23-30-24(29-14-17-3-7-19(26)8-4-17)32(31-23)22(33)15-34-21-11-9-20(27)10-12-21/h1-12H,13-15H2,(H2,28,29,30,31). The van der Waals surface area contributed by atoms with E-state index in [1.165, 1.54) is 4.68 Å². The largest absolute Gasteiger partial charge is 0.484 e. The highest BCUT2D eigenvalue weighted by molar-refractivity contribution is 6.31. The maximum atomic E-state index is 12.9. The predicted octanol–water partition coefficient (Wildman–Crippen LogP) is 6.18. The Morgan fingerprint density at radius 3 is 1.82 bits per heavy atom. The molecular weight excluding hydrogens is 497 g/mol. The summed E-state index contributed by atoms with van der Waals surface area (Å²) in [6.07, 6.45) is 0. The summed E-state index contributed by atoms with van der Waals surface area (Å²) in [5, 5.41) is 12.5. The SMILES string of the molecule is O=C(COc1ccc(Cl)cc1)n1nc(NCc2ccc(Cl)cc2)nc1NCc1ccc(Cl)cc1. The molecule has 7 nitrogen and oxygen atoms in total. The lowest BCUT2D eigenvalue weighted by atomic mass is 10.2. The number of nitrogens with zero attached hydrogens (tertiary/aromatic N) is 3. The Balaban J connectivity index is 1.47. The number of hydrogen-bond donors (Lipinski definition) is 2. The molecule has 0 amide bonds. The molecule has 0 radical (unpaired) electrons. The Kier molecular flexibility index (Phi) is 7.90. The van der Waals surface area contributed by atoms with Crippen LogP contribution in [0.15, 0.2) is 72.8 Å². The van der Waals surface area contributed by atoms with Crippen LogP contribution in [0.4, 0.5) is 11.9 Å². The molecule has 0 aliphatic carbocycles. The van der Waals surface area contributed by atoms with Crippen LogP contribution in [0.25, 0.3) is 0 Å². The Hall–Kier alpha value is -3.26. The van der Waals surface area contributed by atoms with Crippen molar-refractivity contribution in [2.45, 2.75) is 13.1 Å². The lowest BCUT2D eigenvalue weighted by molar-refractivity contribution is 0.0824. The fourth-order valence-electron chi connectivity index (χ4n) is 2.98. The van der Waals surface area contributed by atoms with Crippen molar-refractivity contribution in [3.8, 4) is 5.75 Å². The summed E-state index contributed by atoms with van der Waals surface area (Å²) in [6.45, 7) is 0.669. The zero-order chi connectivity index (χ0) is 23.9. The molecule has 0 unspecified atom stereocenters. The molecule has 4 rings (SSSR count). The number of carbonyl (C=O) groups excluding carboxylic acids is 1. The normalized spacial score (nSPS) is 10.7. The van der Waals surface area contributed by atoms with Gasteiger partial charge in [-0.15, -0.1) is 5.10 Å². The summed E-state index contributed by atoms with van der Waals surface area (Å²) in [6, 6.07) is 21.6. The van der Waals surface area contributed by atoms with Gasteiger partial charge in [-0.05, 0) is 59.7 Å². The predicted molar refractivity (Wildman–Crippen MR) is 135 cm³/mol. The number of hydrogen-bond acceptors (Lipinski definition) is 6. The first-order valence-corrected chi connectivity index (χ1v) is 11.4. The summed E-state index contributed by atoms with van der Waals surface area (Å²) in [7, 11) is 0. The first-order valence-electron chi connectivity index (χ1n) is 10.3. The van der Waals surface area contributed by atoms with Gasteiger partial charge >= 0.3 is 0 Å². The number of rotatable bonds is 9. The molecule has 174 valence electrons. The molecule has 0 atom stereocenters. The second kappa shape index (κ2) is 11.2. The molecule has 0 spiro atoms. The van der Waals surface area contributed by atoms with Gasteiger partial charge in [0, 0.05) is 28.2 Å². The lowest BCUT2D eigenvalue weighted by Gasteiger charge is -2.08. The zero-order valence-electron chi connectivity index (χ0n) is 17.8. The van der Waals surface area contributed by atoms with Gasteiger partial charge in [-0.1, -0.05) is 59.1 Å². The van der Waals surface area contributed by atoms with Crippen molar-refractivity contribution in [2.75, 3.05) is 17.2 Å². The number of nitrogens with one attached hydrogen (secondary N) is 2. The zero-order valence-corrected chi connectivity index (χ0v) is 20.1. The minimum absolute atomic E-state index is 0.225. The molecule has 0 bridgehead atoms. The Morgan fingerprint density at radius 1 is 0.765 bits per heavy atom. The second-order valence-corrected chi connectivity index (χ2v) is 8.58. The summed E-state index contributed by atoms with van der Waals surface area (Å²) in [5.74, 6) is 0.724. The van der Waals surface area contributed by atoms with Gasteiger partial charge in [-0.3, -0.25) is 4.79 Å². The van der Waals surface area contributed by atoms with Crippen molar-refractivity contribution >= 4 is 52.6 Å². The molecule has 3 aromatic carbocycles. The van der Waals surface area contributed by atoms with E-state index in [1.54, 1.807) is 48.5 Å². The maximum absolute atomic E-state index is 12.9. The quantitative estimate of drug-likeness (QED) is 0.276. The Morgan fingerprint density at radius 2 is 1.26 bits per heavy atom. The van der Waals surface area contributed by atoms with Crippen molar-refractivity contribution in [3.63, 3.8) is 0 Å². The summed E-state index contributed by atoms with van der Waals surface area (Å²) in [4.78, 5) is 17.3. The van der Waals surface area contributed by atoms with Gasteiger partial charge in [-0.2, -0.15) is 9.67 Å². The van der Waals surface area contributed by atoms with Gasteiger partial charge in [0.05, 0.1) is 0 Å². The van der Waals surface area contributed by atoms with E-state index in [1.807, 2.05) is 24.3 Å². The number of carbonyl (C=O) groups is 1. The summed E-state index contributed by atoms with van der Waals surface area (Å²) < 4.78 is 6.78. The number of anilines is 2. The first-order chi connectivity index (χ1) is 16.5. The van der Waals surface area contributed by atoms with Gasteiger partial charge in [0.2, 0.25) is 11.9 Å². The molecule has 10 heteroatoms. The van der Waals surface area contributed by atoms with Crippen LogP contribution in [0.5, 0.6) is 5.75 Å². The number of aromatic nitrogens is 3. The van der Waals surface area contributed by atoms with Crippen LogP contribution in [0.3, 0.4) is 0 Å². The molecule has 0 fully saturated rings. The number of halogens is 3. The first kappa shape index (κ1) is 23.9. The molecule has 2 N–H and O–H groups in total. The average molecular weight is 517 g/mol. The van der Waals surface area contributed by atoms with E-state index in [0.717, 1.165) is 11.1 Å². The van der Waals surface area contributed by atoms with Crippen LogP contribution in [-0.2, 0) is 13.1 Å². The van der Waals surface area contributed by atoms with Gasteiger partial charge < -0.3 is 15.4 Å². The third-order valence-corrected chi connectivity index (χ3v) is 5.50. The summed E-state index contributed by atoms with van der Waals surface area (Å²) >= 11 is 17.8. The highest BCUT2D eigenvalue weighted by Gasteiger charge is 2.17. The molecule has 0 saturated heterocycles. The van der Waals surface area contributed by atoms with Crippen molar-refractivity contribution < 1.29 is 9.53 Å². The van der Waals surface area contributed by atoms with Crippen LogP contribution >= 0.6 is 34.8 Å². The highest BCUT2D eigenvalue weighted by atomic mass is 35.5. The Labute approximate surface area is 211 Å². The topological polar surface area (TPSA) is 81.1 Å². The molecule has 0 aliphatic rings. The molecule has 1 aromatic heterocycles. The van der Waals surface area contributed by atoms with Crippen molar-refractivity contribution in [3.05, 3.63) is 99.0 Å². The van der Waals surface area contributed by atoms with E-state index < -0.39 is 0 Å². The van der Waals surface area contributed by atoms with E-state index in [9.17, 15) is 4.79 Å². The molecular formula is C24H20Cl3N5O2. The van der Waals surface area contributed by atoms with Crippen LogP contribution in [0.1, 0.15) is 15.9 Å². The average Bonchev–Trinajstić information content (AvgIpc) is 3.26. The molecule has 0 saturated carbocycles. The minimum atomic E-state index is -0.388. The van der Waals surface area contributed by atoms with Crippen molar-refractivity contribution in [1.82, 2.24) is 14.8 Å². The van der Waals surface area contributed by atoms with E-state index in [0.29, 0.717) is 45.8 Å². The smallest absolute Gasteiger partial charge is 0.288 e. The Bertz CT molecular complexity index is 1240. The van der Waals surface area contributed by atoms with Gasteiger partial charge in [0.1, 0.15) is 5.75 Å². The lowest BCUT2D eigenvalue weighted by Crippen LogP contribution is -2.22. The van der Waals surface area contributed by atoms with Gasteiger partial charge in [0.15, 0.2) is 6.61 Å². The van der Waals surface area contributed by atoms with E-state index in [2.05, 4.69) is 20.7 Å². The molecule has 34 heavy (non-hydrogen) atoms. The molecule has 4 aromatic rings.